The number of nitrogens with zero attached hydrogens (tertiary/aromatic N) is 2. The minimum absolute atomic E-state index is 0. The Kier molecular flexibility index (Phi) is 16.3. The Bertz CT molecular complexity index is 127. The summed E-state index contributed by atoms with van der Waals surface area (Å²) in [6, 6.07) is 0. The number of hydrogen-bond donors (Lipinski definition) is 0. The number of quaternary nitrogens is 1. The van der Waals surface area contributed by atoms with Crippen molar-refractivity contribution < 1.29 is 4.48 Å². The molecule has 4 heteroatoms. The predicted molar refractivity (Wildman–Crippen MR) is 79.0 cm³/mol. The third-order valence-electron chi connectivity index (χ3n) is 3.80. The summed E-state index contributed by atoms with van der Waals surface area (Å²) < 4.78 is 1.27. The van der Waals surface area contributed by atoms with E-state index in [4.69, 9.17) is 0 Å². The SMILES string of the molecule is CCN(CC)CC[N+](CC)(CC)CC.Cl.Cl. The molecule has 0 saturated heterocycles. The topological polar surface area (TPSA) is 3.24 Å². The Balaban J connectivity index is -0.000000845. The van der Waals surface area contributed by atoms with Crippen molar-refractivity contribution in [2.45, 2.75) is 34.6 Å². The second-order valence-electron chi connectivity index (χ2n) is 4.04. The first-order valence-electron chi connectivity index (χ1n) is 6.25. The van der Waals surface area contributed by atoms with Crippen LogP contribution in [-0.4, -0.2) is 55.2 Å². The molecule has 0 spiro atoms. The molecule has 0 aromatic rings. The van der Waals surface area contributed by atoms with Gasteiger partial charge in [-0.2, -0.15) is 0 Å². The van der Waals surface area contributed by atoms with E-state index < -0.39 is 0 Å². The molecule has 0 aliphatic heterocycles. The van der Waals surface area contributed by atoms with Crippen LogP contribution < -0.4 is 0 Å². The van der Waals surface area contributed by atoms with Crippen molar-refractivity contribution in [1.82, 2.24) is 4.90 Å². The summed E-state index contributed by atoms with van der Waals surface area (Å²) in [6.07, 6.45) is 0. The highest BCUT2D eigenvalue weighted by atomic mass is 35.5. The highest BCUT2D eigenvalue weighted by Gasteiger charge is 2.20. The van der Waals surface area contributed by atoms with Gasteiger partial charge in [0, 0.05) is 6.54 Å². The molecule has 102 valence electrons. The van der Waals surface area contributed by atoms with E-state index in [1.165, 1.54) is 50.3 Å². The van der Waals surface area contributed by atoms with Crippen molar-refractivity contribution in [2.75, 3.05) is 45.8 Å². The molecule has 0 atom stereocenters. The zero-order valence-corrected chi connectivity index (χ0v) is 13.3. The van der Waals surface area contributed by atoms with Crippen LogP contribution in [0, 0.1) is 0 Å². The van der Waals surface area contributed by atoms with Crippen LogP contribution in [0.4, 0.5) is 0 Å². The maximum atomic E-state index is 2.52. The molecule has 0 saturated carbocycles. The normalized spacial score (nSPS) is 10.9. The summed E-state index contributed by atoms with van der Waals surface area (Å²) in [5.41, 5.74) is 0. The van der Waals surface area contributed by atoms with Gasteiger partial charge in [0.25, 0.3) is 0 Å². The van der Waals surface area contributed by atoms with E-state index in [1.54, 1.807) is 0 Å². The van der Waals surface area contributed by atoms with Crippen LogP contribution in [0.2, 0.25) is 0 Å². The van der Waals surface area contributed by atoms with Gasteiger partial charge in [-0.1, -0.05) is 13.8 Å². The van der Waals surface area contributed by atoms with Gasteiger partial charge in [-0.15, -0.1) is 24.8 Å². The van der Waals surface area contributed by atoms with E-state index in [2.05, 4.69) is 39.5 Å². The second kappa shape index (κ2) is 12.0. The summed E-state index contributed by atoms with van der Waals surface area (Å²) in [5, 5.41) is 0. The van der Waals surface area contributed by atoms with Crippen molar-refractivity contribution in [2.24, 2.45) is 0 Å². The summed E-state index contributed by atoms with van der Waals surface area (Å²) in [4.78, 5) is 2.52. The number of likely N-dealkylation sites (N-methyl/N-ethyl adjacent to an activating group) is 2. The monoisotopic (exact) mass is 273 g/mol. The van der Waals surface area contributed by atoms with E-state index >= 15 is 0 Å². The van der Waals surface area contributed by atoms with E-state index in [9.17, 15) is 0 Å². The fourth-order valence-electron chi connectivity index (χ4n) is 2.04. The molecule has 0 rings (SSSR count). The number of halogens is 2. The van der Waals surface area contributed by atoms with Crippen LogP contribution in [0.15, 0.2) is 0 Å². The molecule has 0 aliphatic carbocycles. The standard InChI is InChI=1S/C12H29N2.2ClH/c1-6-13(7-2)11-12-14(8-3,9-4)10-5;;/h6-12H2,1-5H3;2*1H/q+1;;. The summed E-state index contributed by atoms with van der Waals surface area (Å²) >= 11 is 0. The first-order chi connectivity index (χ1) is 6.67. The Labute approximate surface area is 115 Å². The lowest BCUT2D eigenvalue weighted by molar-refractivity contribution is -0.922. The molecule has 2 nitrogen and oxygen atoms in total. The van der Waals surface area contributed by atoms with Gasteiger partial charge in [0.2, 0.25) is 0 Å². The number of hydrogen-bond acceptors (Lipinski definition) is 1. The largest absolute Gasteiger partial charge is 0.323 e. The van der Waals surface area contributed by atoms with Crippen LogP contribution in [0.5, 0.6) is 0 Å². The van der Waals surface area contributed by atoms with Gasteiger partial charge in [0.15, 0.2) is 0 Å². The number of rotatable bonds is 8. The lowest BCUT2D eigenvalue weighted by atomic mass is 10.3. The molecule has 0 fully saturated rings. The van der Waals surface area contributed by atoms with Gasteiger partial charge in [-0.25, -0.2) is 0 Å². The van der Waals surface area contributed by atoms with Crippen molar-refractivity contribution in [3.05, 3.63) is 0 Å². The third kappa shape index (κ3) is 6.95. The Hall–Kier alpha value is 0.500. The predicted octanol–water partition coefficient (Wildman–Crippen LogP) is 3.05. The first kappa shape index (κ1) is 21.8. The van der Waals surface area contributed by atoms with Crippen molar-refractivity contribution in [3.8, 4) is 0 Å². The molecule has 0 unspecified atom stereocenters. The van der Waals surface area contributed by atoms with Crippen molar-refractivity contribution in [3.63, 3.8) is 0 Å². The van der Waals surface area contributed by atoms with Gasteiger partial charge >= 0.3 is 0 Å². The molecule has 16 heavy (non-hydrogen) atoms. The summed E-state index contributed by atoms with van der Waals surface area (Å²) in [6.45, 7) is 20.2. The average Bonchev–Trinajstić information content (AvgIpc) is 2.26. The summed E-state index contributed by atoms with van der Waals surface area (Å²) in [5.74, 6) is 0. The van der Waals surface area contributed by atoms with E-state index in [0.29, 0.717) is 0 Å². The molecular formula is C12H31Cl2N2+. The van der Waals surface area contributed by atoms with Gasteiger partial charge in [-0.3, -0.25) is 4.90 Å². The fraction of sp³-hybridized carbons (Fsp3) is 1.00. The van der Waals surface area contributed by atoms with Gasteiger partial charge in [0.05, 0.1) is 26.2 Å². The van der Waals surface area contributed by atoms with Crippen LogP contribution in [0.25, 0.3) is 0 Å². The molecule has 0 heterocycles. The van der Waals surface area contributed by atoms with Gasteiger partial charge in [0.1, 0.15) is 0 Å². The van der Waals surface area contributed by atoms with Crippen LogP contribution in [-0.2, 0) is 0 Å². The molecular weight excluding hydrogens is 243 g/mol. The Morgan fingerprint density at radius 3 is 1.38 bits per heavy atom. The Morgan fingerprint density at radius 2 is 1.12 bits per heavy atom. The minimum atomic E-state index is 0. The highest BCUT2D eigenvalue weighted by molar-refractivity contribution is 5.85. The smallest absolute Gasteiger partial charge is 0.0915 e. The molecule has 0 radical (unpaired) electrons. The molecule has 0 N–H and O–H groups in total. The highest BCUT2D eigenvalue weighted by Crippen LogP contribution is 2.05. The second-order valence-corrected chi connectivity index (χ2v) is 4.04. The zero-order valence-electron chi connectivity index (χ0n) is 11.7. The Morgan fingerprint density at radius 1 is 0.750 bits per heavy atom. The average molecular weight is 274 g/mol. The van der Waals surface area contributed by atoms with Crippen molar-refractivity contribution >= 4 is 24.8 Å². The van der Waals surface area contributed by atoms with Crippen molar-refractivity contribution in [1.29, 1.82) is 0 Å². The molecule has 0 aromatic heterocycles. The van der Waals surface area contributed by atoms with Gasteiger partial charge < -0.3 is 4.48 Å². The van der Waals surface area contributed by atoms with E-state index in [-0.39, 0.29) is 24.8 Å². The van der Waals surface area contributed by atoms with Crippen LogP contribution >= 0.6 is 24.8 Å². The first-order valence-corrected chi connectivity index (χ1v) is 6.25. The maximum Gasteiger partial charge on any atom is 0.0915 e. The van der Waals surface area contributed by atoms with E-state index in [1.807, 2.05) is 0 Å². The molecule has 0 aromatic carbocycles. The third-order valence-corrected chi connectivity index (χ3v) is 3.80. The minimum Gasteiger partial charge on any atom is -0.323 e. The lowest BCUT2D eigenvalue weighted by Gasteiger charge is -2.37. The fourth-order valence-corrected chi connectivity index (χ4v) is 2.04. The van der Waals surface area contributed by atoms with Gasteiger partial charge in [-0.05, 0) is 33.9 Å². The maximum absolute atomic E-state index is 2.52. The van der Waals surface area contributed by atoms with Crippen LogP contribution in [0.1, 0.15) is 34.6 Å². The zero-order chi connectivity index (χ0) is 11.0. The molecule has 0 aliphatic rings. The van der Waals surface area contributed by atoms with Crippen LogP contribution in [0.3, 0.4) is 0 Å². The lowest BCUT2D eigenvalue weighted by Crippen LogP contribution is -2.51. The van der Waals surface area contributed by atoms with E-state index in [0.717, 1.165) is 0 Å². The molecule has 0 amide bonds. The summed E-state index contributed by atoms with van der Waals surface area (Å²) in [7, 11) is 0. The molecule has 0 bridgehead atoms. The quantitative estimate of drug-likeness (QED) is 0.615.